The van der Waals surface area contributed by atoms with E-state index >= 15 is 8.78 Å². The first kappa shape index (κ1) is 30.2. The Balaban J connectivity index is 1.29. The number of nitrogens with one attached hydrogen (secondary N) is 2. The summed E-state index contributed by atoms with van der Waals surface area (Å²) in [7, 11) is 1.31. The van der Waals surface area contributed by atoms with Crippen molar-refractivity contribution in [3.05, 3.63) is 66.1 Å². The molecule has 234 valence electrons. The maximum atomic E-state index is 15.6. The number of hydrogen-bond donors (Lipinski definition) is 3. The Bertz CT molecular complexity index is 1730. The largest absolute Gasteiger partial charge is 0.453 e. The second-order valence-corrected chi connectivity index (χ2v) is 11.5. The van der Waals surface area contributed by atoms with E-state index in [0.29, 0.717) is 61.9 Å². The number of pyridine rings is 1. The second kappa shape index (κ2) is 12.3. The number of rotatable bonds is 6. The third-order valence-corrected chi connectivity index (χ3v) is 8.66. The van der Waals surface area contributed by atoms with Gasteiger partial charge in [0.25, 0.3) is 0 Å². The monoisotopic (exact) mass is 617 g/mol. The van der Waals surface area contributed by atoms with E-state index in [2.05, 4.69) is 36.7 Å². The highest BCUT2D eigenvalue weighted by Crippen LogP contribution is 2.38. The second-order valence-electron chi connectivity index (χ2n) is 11.5. The van der Waals surface area contributed by atoms with Gasteiger partial charge in [0.1, 0.15) is 11.6 Å². The van der Waals surface area contributed by atoms with Crippen molar-refractivity contribution in [3.63, 3.8) is 0 Å². The number of hydrogen-bond acceptors (Lipinski definition) is 10. The molecule has 4 aromatic rings. The molecule has 2 fully saturated rings. The Morgan fingerprint density at radius 2 is 1.93 bits per heavy atom. The highest BCUT2D eigenvalue weighted by molar-refractivity contribution is 5.74. The highest BCUT2D eigenvalue weighted by Gasteiger charge is 2.37. The van der Waals surface area contributed by atoms with Gasteiger partial charge in [-0.05, 0) is 54.7 Å². The molecule has 0 unspecified atom stereocenters. The molecule has 4 N–H and O–H groups in total. The number of alkyl carbamates (subject to hydrolysis) is 1. The molecule has 0 saturated carbocycles. The molecule has 1 amide bonds. The fraction of sp³-hybridized carbons (Fsp3) is 0.387. The first-order valence-electron chi connectivity index (χ1n) is 14.6. The van der Waals surface area contributed by atoms with Crippen LogP contribution in [0.3, 0.4) is 0 Å². The molecule has 12 nitrogen and oxygen atoms in total. The van der Waals surface area contributed by atoms with Crippen molar-refractivity contribution in [2.24, 2.45) is 11.7 Å². The molecule has 2 aliphatic heterocycles. The third-order valence-electron chi connectivity index (χ3n) is 8.66. The van der Waals surface area contributed by atoms with E-state index in [1.165, 1.54) is 29.8 Å². The molecule has 0 radical (unpaired) electrons. The Morgan fingerprint density at radius 1 is 1.18 bits per heavy atom. The number of imidazole rings is 1. The van der Waals surface area contributed by atoms with Crippen molar-refractivity contribution in [2.75, 3.05) is 43.6 Å². The Labute approximate surface area is 258 Å². The van der Waals surface area contributed by atoms with E-state index in [-0.39, 0.29) is 29.3 Å². The number of carbonyl (C=O) groups excluding carboxylic acids is 1. The van der Waals surface area contributed by atoms with Crippen LogP contribution in [0.4, 0.5) is 30.9 Å². The molecule has 45 heavy (non-hydrogen) atoms. The van der Waals surface area contributed by atoms with Crippen molar-refractivity contribution < 1.29 is 23.0 Å². The van der Waals surface area contributed by atoms with Gasteiger partial charge >= 0.3 is 6.09 Å². The summed E-state index contributed by atoms with van der Waals surface area (Å²) in [6.07, 6.45) is 5.10. The molecule has 0 spiro atoms. The normalized spacial score (nSPS) is 21.2. The van der Waals surface area contributed by atoms with Gasteiger partial charge in [0, 0.05) is 38.5 Å². The van der Waals surface area contributed by atoms with Gasteiger partial charge in [-0.2, -0.15) is 14.9 Å². The number of methoxy groups -OCH3 is 1. The first-order valence-corrected chi connectivity index (χ1v) is 14.6. The van der Waals surface area contributed by atoms with Crippen LogP contribution in [0.5, 0.6) is 0 Å². The summed E-state index contributed by atoms with van der Waals surface area (Å²) < 4.78 is 42.7. The van der Waals surface area contributed by atoms with Crippen LogP contribution in [0.15, 0.2) is 48.9 Å². The number of amides is 1. The summed E-state index contributed by atoms with van der Waals surface area (Å²) in [5.74, 6) is -1.30. The van der Waals surface area contributed by atoms with Crippen LogP contribution in [0.25, 0.3) is 16.8 Å². The highest BCUT2D eigenvalue weighted by atomic mass is 19.1. The minimum absolute atomic E-state index is 0.0102. The molecule has 2 saturated heterocycles. The summed E-state index contributed by atoms with van der Waals surface area (Å²) in [6, 6.07) is 9.13. The van der Waals surface area contributed by atoms with Crippen molar-refractivity contribution >= 4 is 28.9 Å². The Morgan fingerprint density at radius 3 is 2.62 bits per heavy atom. The maximum absolute atomic E-state index is 15.6. The van der Waals surface area contributed by atoms with Gasteiger partial charge in [-0.15, -0.1) is 0 Å². The van der Waals surface area contributed by atoms with Crippen molar-refractivity contribution in [1.82, 2.24) is 24.9 Å². The van der Waals surface area contributed by atoms with Crippen molar-refractivity contribution in [1.29, 1.82) is 5.26 Å². The zero-order chi connectivity index (χ0) is 31.7. The third kappa shape index (κ3) is 5.72. The Hall–Kier alpha value is -4.87. The van der Waals surface area contributed by atoms with Gasteiger partial charge in [0.2, 0.25) is 5.95 Å². The Kier molecular flexibility index (Phi) is 8.22. The van der Waals surface area contributed by atoms with Gasteiger partial charge in [-0.25, -0.2) is 18.6 Å². The fourth-order valence-electron chi connectivity index (χ4n) is 6.23. The number of halogens is 2. The smallest absolute Gasteiger partial charge is 0.407 e. The SMILES string of the molecule is COC(=O)N[C@@H]1[C@H](N)CN(c2ccncc2Nc2ncc3ccc(-c4c(F)cc(C5(C#N)CCOCC5)cc4F)nn23)C[C@@H]1C. The number of fused-ring (bicyclic) bond motifs is 1. The van der Waals surface area contributed by atoms with Crippen LogP contribution < -0.4 is 21.3 Å². The van der Waals surface area contributed by atoms with E-state index < -0.39 is 23.1 Å². The summed E-state index contributed by atoms with van der Waals surface area (Å²) in [5.41, 5.74) is 7.55. The van der Waals surface area contributed by atoms with Gasteiger partial charge in [-0.3, -0.25) is 4.98 Å². The number of nitrogens with zero attached hydrogens (tertiary/aromatic N) is 6. The number of nitriles is 1. The number of carbonyl (C=O) groups is 1. The molecule has 3 aromatic heterocycles. The number of benzene rings is 1. The minimum atomic E-state index is -1.01. The molecule has 2 aliphatic rings. The first-order chi connectivity index (χ1) is 21.7. The van der Waals surface area contributed by atoms with Gasteiger partial charge in [0.15, 0.2) is 0 Å². The molecule has 5 heterocycles. The number of piperidine rings is 1. The maximum Gasteiger partial charge on any atom is 0.407 e. The molecule has 14 heteroatoms. The van der Waals surface area contributed by atoms with Gasteiger partial charge in [0.05, 0.1) is 65.2 Å². The minimum Gasteiger partial charge on any atom is -0.453 e. The summed E-state index contributed by atoms with van der Waals surface area (Å²) in [6.45, 7) is 3.76. The number of nitrogens with two attached hydrogens (primary N) is 1. The van der Waals surface area contributed by atoms with Crippen molar-refractivity contribution in [3.8, 4) is 17.3 Å². The van der Waals surface area contributed by atoms with E-state index in [0.717, 1.165) is 5.69 Å². The fourth-order valence-corrected chi connectivity index (χ4v) is 6.23. The van der Waals surface area contributed by atoms with Gasteiger partial charge < -0.3 is 30.7 Å². The summed E-state index contributed by atoms with van der Waals surface area (Å²) in [5, 5.41) is 20.5. The molecule has 6 rings (SSSR count). The predicted molar refractivity (Wildman–Crippen MR) is 162 cm³/mol. The number of aromatic nitrogens is 4. The van der Waals surface area contributed by atoms with Crippen molar-refractivity contribution in [2.45, 2.75) is 37.3 Å². The number of anilines is 3. The lowest BCUT2D eigenvalue weighted by atomic mass is 9.75. The molecular weight excluding hydrogens is 584 g/mol. The van der Waals surface area contributed by atoms with Crippen LogP contribution in [0.1, 0.15) is 25.3 Å². The zero-order valence-electron chi connectivity index (χ0n) is 24.8. The predicted octanol–water partition coefficient (Wildman–Crippen LogP) is 3.89. The van der Waals surface area contributed by atoms with Crippen LogP contribution >= 0.6 is 0 Å². The summed E-state index contributed by atoms with van der Waals surface area (Å²) in [4.78, 5) is 22.7. The van der Waals surface area contributed by atoms with E-state index in [4.69, 9.17) is 15.2 Å². The quantitative estimate of drug-likeness (QED) is 0.290. The summed E-state index contributed by atoms with van der Waals surface area (Å²) >= 11 is 0. The van der Waals surface area contributed by atoms with Gasteiger partial charge in [-0.1, -0.05) is 6.92 Å². The average molecular weight is 618 g/mol. The average Bonchev–Trinajstić information content (AvgIpc) is 3.44. The van der Waals surface area contributed by atoms with E-state index in [1.807, 2.05) is 13.0 Å². The van der Waals surface area contributed by atoms with Crippen LogP contribution in [-0.2, 0) is 14.9 Å². The lowest BCUT2D eigenvalue weighted by Crippen LogP contribution is -2.62. The van der Waals surface area contributed by atoms with Crippen LogP contribution in [0.2, 0.25) is 0 Å². The lowest BCUT2D eigenvalue weighted by molar-refractivity contribution is 0.0674. The molecule has 1 aromatic carbocycles. The van der Waals surface area contributed by atoms with E-state index in [1.54, 1.807) is 24.7 Å². The molecule has 0 aliphatic carbocycles. The van der Waals surface area contributed by atoms with Crippen LogP contribution in [-0.4, -0.2) is 71.2 Å². The lowest BCUT2D eigenvalue weighted by Gasteiger charge is -2.42. The number of ether oxygens (including phenoxy) is 2. The zero-order valence-corrected chi connectivity index (χ0v) is 24.8. The van der Waals surface area contributed by atoms with Crippen LogP contribution in [0, 0.1) is 28.9 Å². The molecule has 0 bridgehead atoms. The molecular formula is C31H33F2N9O3. The topological polar surface area (TPSA) is 156 Å². The molecule has 3 atom stereocenters. The van der Waals surface area contributed by atoms with E-state index in [9.17, 15) is 10.1 Å². The standard InChI is InChI=1S/C31H33F2N9O3/c1-18-15-41(16-23(35)28(18)39-30(43)44-2)26-5-8-36-14-25(26)38-29-37-13-20-3-4-24(40-42(20)29)27-21(32)11-19(12-22(27)33)31(17-34)6-9-45-10-7-31/h3-5,8,11-14,18,23,28H,6-7,9-10,15-16,35H2,1-2H3,(H,37,38)(H,39,43)/t18-,23+,28-/m0/s1.